The van der Waals surface area contributed by atoms with Crippen LogP contribution in [0, 0.1) is 11.3 Å². The Kier molecular flexibility index (Phi) is 3.58. The third-order valence-electron chi connectivity index (χ3n) is 2.58. The molecule has 1 heterocycles. The van der Waals surface area contributed by atoms with E-state index in [0.29, 0.717) is 6.42 Å². The van der Waals surface area contributed by atoms with Crippen LogP contribution in [0.2, 0.25) is 0 Å². The lowest BCUT2D eigenvalue weighted by Gasteiger charge is -2.02. The Labute approximate surface area is 98.5 Å². The van der Waals surface area contributed by atoms with Crippen molar-refractivity contribution in [2.45, 2.75) is 12.8 Å². The minimum atomic E-state index is -0.177. The number of nitriles is 1. The molecule has 0 bridgehead atoms. The molecule has 0 amide bonds. The molecule has 0 atom stereocenters. The summed E-state index contributed by atoms with van der Waals surface area (Å²) < 4.78 is 0. The number of fused-ring (bicyclic) bond motifs is 1. The first-order valence-electron chi connectivity index (χ1n) is 5.58. The average molecular weight is 230 g/mol. The molecule has 5 nitrogen and oxygen atoms in total. The maximum atomic E-state index is 11.1. The molecule has 17 heavy (non-hydrogen) atoms. The Morgan fingerprint density at radius 2 is 2.06 bits per heavy atom. The summed E-state index contributed by atoms with van der Waals surface area (Å²) in [5.41, 5.74) is 2.65. The topological polar surface area (TPSA) is 84.5 Å². The van der Waals surface area contributed by atoms with Crippen LogP contribution in [0.25, 0.3) is 11.0 Å². The molecule has 0 aliphatic carbocycles. The third-order valence-corrected chi connectivity index (χ3v) is 2.58. The first-order chi connectivity index (χ1) is 8.29. The van der Waals surface area contributed by atoms with Gasteiger partial charge in [0.25, 0.3) is 0 Å². The number of imidazole rings is 1. The highest BCUT2D eigenvalue weighted by molar-refractivity contribution is 5.74. The zero-order chi connectivity index (χ0) is 12.1. The largest absolute Gasteiger partial charge is 0.323 e. The summed E-state index contributed by atoms with van der Waals surface area (Å²) >= 11 is 0. The van der Waals surface area contributed by atoms with E-state index in [1.807, 2.05) is 18.2 Å². The summed E-state index contributed by atoms with van der Waals surface area (Å²) in [5, 5.41) is 11.6. The molecular weight excluding hydrogens is 216 g/mol. The van der Waals surface area contributed by atoms with Crippen molar-refractivity contribution in [3.63, 3.8) is 0 Å². The predicted molar refractivity (Wildman–Crippen MR) is 65.7 cm³/mol. The van der Waals surface area contributed by atoms with Crippen LogP contribution in [0.15, 0.2) is 23.0 Å². The van der Waals surface area contributed by atoms with Gasteiger partial charge in [0.1, 0.15) is 0 Å². The lowest BCUT2D eigenvalue weighted by Crippen LogP contribution is -2.18. The lowest BCUT2D eigenvalue weighted by molar-refractivity contribution is 0.692. The van der Waals surface area contributed by atoms with Crippen molar-refractivity contribution in [3.05, 3.63) is 34.2 Å². The SMILES string of the molecule is N#CCCNCCc1ccc2[nH]c(=O)[nH]c2c1. The fraction of sp³-hybridized carbons (Fsp3) is 0.333. The van der Waals surface area contributed by atoms with Crippen LogP contribution in [0.3, 0.4) is 0 Å². The highest BCUT2D eigenvalue weighted by Crippen LogP contribution is 2.10. The fourth-order valence-electron chi connectivity index (χ4n) is 1.74. The third kappa shape index (κ3) is 2.95. The molecule has 0 aliphatic heterocycles. The van der Waals surface area contributed by atoms with E-state index in [0.717, 1.165) is 36.1 Å². The van der Waals surface area contributed by atoms with Crippen LogP contribution < -0.4 is 11.0 Å². The Balaban J connectivity index is 1.95. The van der Waals surface area contributed by atoms with E-state index in [-0.39, 0.29) is 5.69 Å². The van der Waals surface area contributed by atoms with Gasteiger partial charge >= 0.3 is 5.69 Å². The number of hydrogen-bond acceptors (Lipinski definition) is 3. The van der Waals surface area contributed by atoms with Gasteiger partial charge in [0.15, 0.2) is 0 Å². The second-order valence-electron chi connectivity index (χ2n) is 3.87. The van der Waals surface area contributed by atoms with Crippen molar-refractivity contribution in [2.75, 3.05) is 13.1 Å². The minimum Gasteiger partial charge on any atom is -0.315 e. The fourth-order valence-corrected chi connectivity index (χ4v) is 1.74. The van der Waals surface area contributed by atoms with E-state index in [1.54, 1.807) is 0 Å². The first-order valence-corrected chi connectivity index (χ1v) is 5.58. The molecule has 5 heteroatoms. The summed E-state index contributed by atoms with van der Waals surface area (Å²) in [6.07, 6.45) is 1.42. The quantitative estimate of drug-likeness (QED) is 0.667. The minimum absolute atomic E-state index is 0.177. The normalized spacial score (nSPS) is 10.5. The number of aromatic amines is 2. The standard InChI is InChI=1S/C12H14N4O/c13-5-1-6-14-7-4-9-2-3-10-11(8-9)16-12(17)15-10/h2-3,8,14H,1,4,6-7H2,(H2,15,16,17). The average Bonchev–Trinajstić information content (AvgIpc) is 2.68. The molecule has 0 saturated carbocycles. The number of nitrogens with one attached hydrogen (secondary N) is 3. The molecular formula is C12H14N4O. The maximum Gasteiger partial charge on any atom is 0.323 e. The number of aromatic nitrogens is 2. The molecule has 88 valence electrons. The summed E-state index contributed by atoms with van der Waals surface area (Å²) in [5.74, 6) is 0. The molecule has 0 unspecified atom stereocenters. The van der Waals surface area contributed by atoms with Crippen molar-refractivity contribution >= 4 is 11.0 Å². The number of rotatable bonds is 5. The van der Waals surface area contributed by atoms with E-state index in [2.05, 4.69) is 21.4 Å². The number of nitrogens with zero attached hydrogens (tertiary/aromatic N) is 1. The van der Waals surface area contributed by atoms with Gasteiger partial charge < -0.3 is 15.3 Å². The second-order valence-corrected chi connectivity index (χ2v) is 3.87. The van der Waals surface area contributed by atoms with Crippen LogP contribution in [-0.2, 0) is 6.42 Å². The Morgan fingerprint density at radius 1 is 1.24 bits per heavy atom. The van der Waals surface area contributed by atoms with E-state index >= 15 is 0 Å². The number of hydrogen-bond donors (Lipinski definition) is 3. The molecule has 0 aliphatic rings. The van der Waals surface area contributed by atoms with E-state index in [4.69, 9.17) is 5.26 Å². The van der Waals surface area contributed by atoms with Gasteiger partial charge in [-0.15, -0.1) is 0 Å². The summed E-state index contributed by atoms with van der Waals surface area (Å²) in [4.78, 5) is 16.5. The van der Waals surface area contributed by atoms with E-state index < -0.39 is 0 Å². The van der Waals surface area contributed by atoms with Crippen molar-refractivity contribution in [2.24, 2.45) is 0 Å². The maximum absolute atomic E-state index is 11.1. The van der Waals surface area contributed by atoms with Crippen LogP contribution in [0.4, 0.5) is 0 Å². The van der Waals surface area contributed by atoms with Crippen molar-refractivity contribution < 1.29 is 0 Å². The Hall–Kier alpha value is -2.06. The Bertz CT molecular complexity index is 590. The first kappa shape index (κ1) is 11.4. The number of benzene rings is 1. The van der Waals surface area contributed by atoms with Gasteiger partial charge in [-0.2, -0.15) is 5.26 Å². The molecule has 0 fully saturated rings. The van der Waals surface area contributed by atoms with Crippen molar-refractivity contribution in [1.82, 2.24) is 15.3 Å². The van der Waals surface area contributed by atoms with Crippen LogP contribution in [0.5, 0.6) is 0 Å². The second kappa shape index (κ2) is 5.32. The molecule has 0 saturated heterocycles. The van der Waals surface area contributed by atoms with Crippen molar-refractivity contribution in [1.29, 1.82) is 5.26 Å². The van der Waals surface area contributed by atoms with Gasteiger partial charge in [-0.25, -0.2) is 4.79 Å². The smallest absolute Gasteiger partial charge is 0.315 e. The van der Waals surface area contributed by atoms with Gasteiger partial charge in [0.2, 0.25) is 0 Å². The van der Waals surface area contributed by atoms with E-state index in [9.17, 15) is 4.79 Å². The van der Waals surface area contributed by atoms with Crippen LogP contribution in [0.1, 0.15) is 12.0 Å². The molecule has 3 N–H and O–H groups in total. The van der Waals surface area contributed by atoms with Gasteiger partial charge in [-0.3, -0.25) is 0 Å². The molecule has 2 rings (SSSR count). The molecule has 0 spiro atoms. The van der Waals surface area contributed by atoms with Crippen molar-refractivity contribution in [3.8, 4) is 6.07 Å². The molecule has 2 aromatic rings. The summed E-state index contributed by atoms with van der Waals surface area (Å²) in [6, 6.07) is 7.96. The zero-order valence-electron chi connectivity index (χ0n) is 9.42. The highest BCUT2D eigenvalue weighted by Gasteiger charge is 1.99. The monoisotopic (exact) mass is 230 g/mol. The van der Waals surface area contributed by atoms with Gasteiger partial charge in [-0.1, -0.05) is 6.07 Å². The lowest BCUT2D eigenvalue weighted by atomic mass is 10.1. The van der Waals surface area contributed by atoms with Gasteiger partial charge in [0, 0.05) is 13.0 Å². The highest BCUT2D eigenvalue weighted by atomic mass is 16.1. The van der Waals surface area contributed by atoms with E-state index in [1.165, 1.54) is 0 Å². The molecule has 0 radical (unpaired) electrons. The predicted octanol–water partition coefficient (Wildman–Crippen LogP) is 0.902. The van der Waals surface area contributed by atoms with Gasteiger partial charge in [0.05, 0.1) is 17.1 Å². The molecule has 1 aromatic carbocycles. The number of H-pyrrole nitrogens is 2. The van der Waals surface area contributed by atoms with Crippen LogP contribution in [-0.4, -0.2) is 23.1 Å². The Morgan fingerprint density at radius 3 is 2.88 bits per heavy atom. The van der Waals surface area contributed by atoms with Gasteiger partial charge in [-0.05, 0) is 30.7 Å². The summed E-state index contributed by atoms with van der Waals surface area (Å²) in [6.45, 7) is 1.56. The molecule has 1 aromatic heterocycles. The van der Waals surface area contributed by atoms with Crippen LogP contribution >= 0.6 is 0 Å². The zero-order valence-corrected chi connectivity index (χ0v) is 9.42. The summed E-state index contributed by atoms with van der Waals surface area (Å²) in [7, 11) is 0.